The topological polar surface area (TPSA) is 98.0 Å². The molecule has 1 N–H and O–H groups in total. The number of nitrogens with zero attached hydrogens (tertiary/aromatic N) is 2. The van der Waals surface area contributed by atoms with Crippen LogP contribution in [0.3, 0.4) is 0 Å². The van der Waals surface area contributed by atoms with Gasteiger partial charge >= 0.3 is 12.2 Å². The first kappa shape index (κ1) is 35.5. The Balaban J connectivity index is 1.49. The number of carbonyl (C=O) groups is 3. The zero-order valence-corrected chi connectivity index (χ0v) is 26.5. The molecule has 1 aliphatic heterocycles. The molecule has 1 fully saturated rings. The van der Waals surface area contributed by atoms with E-state index in [-0.39, 0.29) is 37.9 Å². The van der Waals surface area contributed by atoms with E-state index < -0.39 is 12.2 Å². The molecule has 9 heteroatoms. The molecular formula is C33H56N3O6+. The summed E-state index contributed by atoms with van der Waals surface area (Å²) in [5.74, 6) is -0.380. The zero-order valence-electron chi connectivity index (χ0n) is 26.5. The lowest BCUT2D eigenvalue weighted by Gasteiger charge is -2.19. The van der Waals surface area contributed by atoms with Crippen molar-refractivity contribution in [3.63, 3.8) is 0 Å². The molecule has 1 aliphatic rings. The first-order chi connectivity index (χ1) is 20.4. The summed E-state index contributed by atoms with van der Waals surface area (Å²) in [6, 6.07) is 5.66. The van der Waals surface area contributed by atoms with Crippen LogP contribution in [0.25, 0.3) is 0 Å². The highest BCUT2D eigenvalue weighted by Gasteiger charge is 2.29. The number of hydrogen-bond donors (Lipinski definition) is 1. The molecule has 1 aromatic heterocycles. The monoisotopic (exact) mass is 590 g/mol. The van der Waals surface area contributed by atoms with Gasteiger partial charge in [0.05, 0.1) is 12.2 Å². The van der Waals surface area contributed by atoms with Crippen LogP contribution < -0.4 is 9.88 Å². The summed E-state index contributed by atoms with van der Waals surface area (Å²) in [5.41, 5.74) is 0.842. The fourth-order valence-corrected chi connectivity index (χ4v) is 5.25. The molecule has 238 valence electrons. The van der Waals surface area contributed by atoms with E-state index in [9.17, 15) is 14.4 Å². The Labute approximate surface area is 253 Å². The van der Waals surface area contributed by atoms with E-state index in [2.05, 4.69) is 12.2 Å². The smallest absolute Gasteiger partial charge is 0.417 e. The fraction of sp³-hybridized carbons (Fsp3) is 0.758. The molecule has 3 amide bonds. The van der Waals surface area contributed by atoms with Crippen LogP contribution in [0.1, 0.15) is 123 Å². The third-order valence-corrected chi connectivity index (χ3v) is 7.83. The highest BCUT2D eigenvalue weighted by Crippen LogP contribution is 2.21. The van der Waals surface area contributed by atoms with Gasteiger partial charge in [-0.3, -0.25) is 4.79 Å². The van der Waals surface area contributed by atoms with Crippen molar-refractivity contribution in [1.82, 2.24) is 10.2 Å². The van der Waals surface area contributed by atoms with Crippen LogP contribution >= 0.6 is 0 Å². The molecule has 2 heterocycles. The molecule has 0 spiro atoms. The van der Waals surface area contributed by atoms with Crippen LogP contribution in [0, 0.1) is 0 Å². The van der Waals surface area contributed by atoms with Crippen molar-refractivity contribution in [1.29, 1.82) is 0 Å². The van der Waals surface area contributed by atoms with Crippen molar-refractivity contribution in [3.05, 3.63) is 30.1 Å². The van der Waals surface area contributed by atoms with Crippen molar-refractivity contribution in [2.24, 2.45) is 0 Å². The zero-order chi connectivity index (χ0) is 30.4. The molecule has 0 saturated carbocycles. The summed E-state index contributed by atoms with van der Waals surface area (Å²) in [6.07, 6.45) is 18.5. The number of aromatic nitrogens is 1. The third-order valence-electron chi connectivity index (χ3n) is 7.83. The number of imide groups is 1. The van der Waals surface area contributed by atoms with Gasteiger partial charge in [0.15, 0.2) is 6.20 Å². The number of rotatable bonds is 21. The van der Waals surface area contributed by atoms with Gasteiger partial charge in [-0.2, -0.15) is 0 Å². The van der Waals surface area contributed by atoms with Gasteiger partial charge in [0.25, 0.3) is 0 Å². The Morgan fingerprint density at radius 1 is 0.857 bits per heavy atom. The van der Waals surface area contributed by atoms with Gasteiger partial charge in [-0.15, -0.1) is 0 Å². The molecule has 42 heavy (non-hydrogen) atoms. The summed E-state index contributed by atoms with van der Waals surface area (Å²) >= 11 is 0. The Hall–Kier alpha value is -2.68. The Morgan fingerprint density at radius 3 is 2.00 bits per heavy atom. The van der Waals surface area contributed by atoms with Crippen LogP contribution in [0.2, 0.25) is 0 Å². The molecule has 0 unspecified atom stereocenters. The minimum atomic E-state index is -0.690. The molecule has 0 aliphatic carbocycles. The molecule has 2 atom stereocenters. The molecule has 0 aromatic carbocycles. The Morgan fingerprint density at radius 2 is 1.43 bits per heavy atom. The van der Waals surface area contributed by atoms with E-state index in [0.29, 0.717) is 19.4 Å². The number of carbonyl (C=O) groups excluding carboxylic acids is 3. The van der Waals surface area contributed by atoms with E-state index in [1.54, 1.807) is 0 Å². The highest BCUT2D eigenvalue weighted by atomic mass is 16.6. The summed E-state index contributed by atoms with van der Waals surface area (Å²) in [7, 11) is 0. The molecule has 2 rings (SSSR count). The average molecular weight is 591 g/mol. The predicted molar refractivity (Wildman–Crippen MR) is 163 cm³/mol. The average Bonchev–Trinajstić information content (AvgIpc) is 3.45. The molecule has 0 bridgehead atoms. The summed E-state index contributed by atoms with van der Waals surface area (Å²) < 4.78 is 18.6. The fourth-order valence-electron chi connectivity index (χ4n) is 5.25. The molecule has 9 nitrogen and oxygen atoms in total. The van der Waals surface area contributed by atoms with E-state index >= 15 is 0 Å². The standard InChI is InChI=1S/C33H55N3O6/c1-4-6-7-8-9-10-11-12-13-14-15-16-18-23-34-32(38)40-26-30-21-22-31(42-30)27-41-33(39)36(28(3)37)25-29-20-17-19-24-35(29)5-2/h17,19-20,24,30-31H,4-16,18,21-23,25-27H2,1-3H3/p+1/t30-,31+/m1/s1. The van der Waals surface area contributed by atoms with Crippen LogP contribution in [0.5, 0.6) is 0 Å². The second kappa shape index (κ2) is 21.9. The van der Waals surface area contributed by atoms with E-state index in [4.69, 9.17) is 14.2 Å². The van der Waals surface area contributed by atoms with Crippen molar-refractivity contribution in [2.45, 2.75) is 142 Å². The van der Waals surface area contributed by atoms with Gasteiger partial charge in [-0.05, 0) is 26.2 Å². The van der Waals surface area contributed by atoms with Gasteiger partial charge in [-0.1, -0.05) is 90.0 Å². The second-order valence-electron chi connectivity index (χ2n) is 11.4. The van der Waals surface area contributed by atoms with Gasteiger partial charge < -0.3 is 19.5 Å². The lowest BCUT2D eigenvalue weighted by molar-refractivity contribution is -0.701. The van der Waals surface area contributed by atoms with Crippen LogP contribution in [-0.4, -0.2) is 55.0 Å². The number of aryl methyl sites for hydroxylation is 1. The van der Waals surface area contributed by atoms with Crippen LogP contribution in [0.15, 0.2) is 24.4 Å². The van der Waals surface area contributed by atoms with Crippen molar-refractivity contribution in [3.8, 4) is 0 Å². The highest BCUT2D eigenvalue weighted by molar-refractivity contribution is 5.90. The minimum Gasteiger partial charge on any atom is -0.447 e. The summed E-state index contributed by atoms with van der Waals surface area (Å²) in [6.45, 7) is 7.31. The molecule has 1 aromatic rings. The quantitative estimate of drug-likeness (QED) is 0.124. The number of unbranched alkanes of at least 4 members (excludes halogenated alkanes) is 12. The third kappa shape index (κ3) is 15.0. The van der Waals surface area contributed by atoms with Crippen LogP contribution in [-0.2, 0) is 32.1 Å². The first-order valence-electron chi connectivity index (χ1n) is 16.4. The predicted octanol–water partition coefficient (Wildman–Crippen LogP) is 6.84. The summed E-state index contributed by atoms with van der Waals surface area (Å²) in [5, 5.41) is 2.82. The minimum absolute atomic E-state index is 0.0485. The van der Waals surface area contributed by atoms with Crippen molar-refractivity contribution < 1.29 is 33.2 Å². The molecular weight excluding hydrogens is 534 g/mol. The lowest BCUT2D eigenvalue weighted by atomic mass is 10.0. The Kier molecular flexibility index (Phi) is 18.6. The number of ether oxygens (including phenoxy) is 3. The summed E-state index contributed by atoms with van der Waals surface area (Å²) in [4.78, 5) is 37.9. The SMILES string of the molecule is CCCCCCCCCCCCCCCNC(=O)OC[C@H]1CC[C@@H](COC(=O)N(Cc2cccc[n+]2CC)C(C)=O)O1. The van der Waals surface area contributed by atoms with Gasteiger partial charge in [0.1, 0.15) is 26.3 Å². The lowest BCUT2D eigenvalue weighted by Crippen LogP contribution is -2.43. The second-order valence-corrected chi connectivity index (χ2v) is 11.4. The van der Waals surface area contributed by atoms with Crippen molar-refractivity contribution >= 4 is 18.1 Å². The first-order valence-corrected chi connectivity index (χ1v) is 16.4. The number of alkyl carbamates (subject to hydrolysis) is 1. The van der Waals surface area contributed by atoms with Crippen molar-refractivity contribution in [2.75, 3.05) is 19.8 Å². The number of pyridine rings is 1. The van der Waals surface area contributed by atoms with E-state index in [1.807, 2.05) is 35.9 Å². The number of hydrogen-bond acceptors (Lipinski definition) is 6. The normalized spacial score (nSPS) is 16.3. The number of amides is 3. The van der Waals surface area contributed by atoms with Gasteiger partial charge in [-0.25, -0.2) is 19.1 Å². The van der Waals surface area contributed by atoms with Gasteiger partial charge in [0.2, 0.25) is 11.6 Å². The van der Waals surface area contributed by atoms with Crippen LogP contribution in [0.4, 0.5) is 9.59 Å². The number of nitrogens with one attached hydrogen (secondary N) is 1. The van der Waals surface area contributed by atoms with Gasteiger partial charge in [0, 0.05) is 25.6 Å². The molecule has 1 saturated heterocycles. The maximum absolute atomic E-state index is 12.7. The maximum Gasteiger partial charge on any atom is 0.417 e. The largest absolute Gasteiger partial charge is 0.447 e. The maximum atomic E-state index is 12.7. The van der Waals surface area contributed by atoms with E-state index in [1.165, 1.54) is 77.6 Å². The van der Waals surface area contributed by atoms with E-state index in [0.717, 1.165) is 30.0 Å². The molecule has 0 radical (unpaired) electrons. The Bertz CT molecular complexity index is 912.